The summed E-state index contributed by atoms with van der Waals surface area (Å²) in [6.45, 7) is -0.594. The van der Waals surface area contributed by atoms with E-state index >= 15 is 0 Å². The smallest absolute Gasteiger partial charge is 0.386 e. The second-order valence-electron chi connectivity index (χ2n) is 3.75. The van der Waals surface area contributed by atoms with Gasteiger partial charge in [0.2, 0.25) is 6.61 Å². The number of nitrogens with zero attached hydrogens (tertiary/aromatic N) is 1. The minimum Gasteiger partial charge on any atom is -0.386 e. The highest BCUT2D eigenvalue weighted by Crippen LogP contribution is 2.33. The van der Waals surface area contributed by atoms with Crippen molar-refractivity contribution >= 4 is 17.3 Å². The second kappa shape index (κ2) is 5.90. The predicted molar refractivity (Wildman–Crippen MR) is 60.7 cm³/mol. The van der Waals surface area contributed by atoms with Crippen LogP contribution in [0.4, 0.5) is 26.3 Å². The first-order valence-corrected chi connectivity index (χ1v) is 5.49. The summed E-state index contributed by atoms with van der Waals surface area (Å²) in [4.78, 5) is 3.97. The van der Waals surface area contributed by atoms with E-state index in [2.05, 4.69) is 9.99 Å². The molecule has 0 saturated carbocycles. The largest absolute Gasteiger partial charge is 0.425 e. The Balaban J connectivity index is 3.05. The highest BCUT2D eigenvalue weighted by Gasteiger charge is 2.34. The molecule has 0 aliphatic heterocycles. The molecule has 0 aliphatic rings. The van der Waals surface area contributed by atoms with E-state index in [1.54, 1.807) is 0 Å². The maximum absolute atomic E-state index is 12.7. The summed E-state index contributed by atoms with van der Waals surface area (Å²) >= 11 is 5.57. The molecule has 0 saturated heterocycles. The van der Waals surface area contributed by atoms with E-state index < -0.39 is 30.1 Å². The SMILES string of the molecule is CC(=NOCC(F)(F)F)c1cc(Cl)ccc1C(F)(F)F. The topological polar surface area (TPSA) is 21.6 Å². The average Bonchev–Trinajstić information content (AvgIpc) is 2.25. The molecule has 0 radical (unpaired) electrons. The zero-order chi connectivity index (χ0) is 15.6. The minimum atomic E-state index is -4.68. The van der Waals surface area contributed by atoms with Crippen LogP contribution in [0.5, 0.6) is 0 Å². The first kappa shape index (κ1) is 16.6. The molecule has 0 N–H and O–H groups in total. The summed E-state index contributed by atoms with van der Waals surface area (Å²) < 4.78 is 73.7. The third-order valence-electron chi connectivity index (χ3n) is 2.11. The van der Waals surface area contributed by atoms with Gasteiger partial charge in [-0.3, -0.25) is 0 Å². The van der Waals surface area contributed by atoms with E-state index in [4.69, 9.17) is 11.6 Å². The number of hydrogen-bond acceptors (Lipinski definition) is 2. The van der Waals surface area contributed by atoms with Crippen molar-refractivity contribution in [2.45, 2.75) is 19.3 Å². The van der Waals surface area contributed by atoms with Gasteiger partial charge in [-0.25, -0.2) is 0 Å². The lowest BCUT2D eigenvalue weighted by Gasteiger charge is -2.13. The molecule has 0 aliphatic carbocycles. The summed E-state index contributed by atoms with van der Waals surface area (Å²) in [7, 11) is 0. The van der Waals surface area contributed by atoms with E-state index in [1.165, 1.54) is 0 Å². The fourth-order valence-corrected chi connectivity index (χ4v) is 1.49. The van der Waals surface area contributed by atoms with Gasteiger partial charge in [0.15, 0.2) is 0 Å². The molecular formula is C11H8ClF6NO. The van der Waals surface area contributed by atoms with Gasteiger partial charge in [-0.15, -0.1) is 0 Å². The lowest BCUT2D eigenvalue weighted by Crippen LogP contribution is -2.16. The molecule has 0 amide bonds. The number of oxime groups is 1. The molecule has 9 heteroatoms. The van der Waals surface area contributed by atoms with Crippen LogP contribution in [0, 0.1) is 0 Å². The maximum Gasteiger partial charge on any atom is 0.425 e. The van der Waals surface area contributed by atoms with Crippen LogP contribution in [-0.2, 0) is 11.0 Å². The Kier molecular flexibility index (Phi) is 4.90. The molecule has 20 heavy (non-hydrogen) atoms. The Morgan fingerprint density at radius 1 is 1.20 bits per heavy atom. The molecule has 1 aromatic carbocycles. The van der Waals surface area contributed by atoms with Gasteiger partial charge < -0.3 is 4.84 Å². The molecule has 0 spiro atoms. The van der Waals surface area contributed by atoms with Crippen LogP contribution in [-0.4, -0.2) is 18.5 Å². The first-order chi connectivity index (χ1) is 9.00. The first-order valence-electron chi connectivity index (χ1n) is 5.11. The Morgan fingerprint density at radius 3 is 2.30 bits per heavy atom. The van der Waals surface area contributed by atoms with Crippen LogP contribution in [0.25, 0.3) is 0 Å². The molecule has 0 heterocycles. The van der Waals surface area contributed by atoms with Crippen LogP contribution in [0.3, 0.4) is 0 Å². The average molecular weight is 320 g/mol. The van der Waals surface area contributed by atoms with Gasteiger partial charge in [0.1, 0.15) is 0 Å². The number of benzene rings is 1. The van der Waals surface area contributed by atoms with Gasteiger partial charge in [0.05, 0.1) is 11.3 Å². The summed E-state index contributed by atoms with van der Waals surface area (Å²) in [5.74, 6) is 0. The maximum atomic E-state index is 12.7. The highest BCUT2D eigenvalue weighted by molar-refractivity contribution is 6.31. The van der Waals surface area contributed by atoms with Crippen molar-refractivity contribution < 1.29 is 31.2 Å². The predicted octanol–water partition coefficient (Wildman–Crippen LogP) is 4.66. The zero-order valence-corrected chi connectivity index (χ0v) is 10.7. The van der Waals surface area contributed by atoms with Crippen LogP contribution in [0.1, 0.15) is 18.1 Å². The van der Waals surface area contributed by atoms with Gasteiger partial charge in [-0.2, -0.15) is 26.3 Å². The van der Waals surface area contributed by atoms with Gasteiger partial charge in [0.25, 0.3) is 0 Å². The van der Waals surface area contributed by atoms with Gasteiger partial charge in [-0.05, 0) is 25.1 Å². The molecule has 0 fully saturated rings. The van der Waals surface area contributed by atoms with E-state index in [9.17, 15) is 26.3 Å². The van der Waals surface area contributed by atoms with Crippen LogP contribution in [0.15, 0.2) is 23.4 Å². The van der Waals surface area contributed by atoms with Gasteiger partial charge in [-0.1, -0.05) is 16.8 Å². The van der Waals surface area contributed by atoms with Gasteiger partial charge in [0, 0.05) is 10.6 Å². The number of alkyl halides is 6. The fourth-order valence-electron chi connectivity index (χ4n) is 1.31. The van der Waals surface area contributed by atoms with Crippen molar-refractivity contribution in [1.82, 2.24) is 0 Å². The van der Waals surface area contributed by atoms with Crippen molar-refractivity contribution in [3.05, 3.63) is 34.3 Å². The molecule has 0 unspecified atom stereocenters. The number of halogens is 7. The monoisotopic (exact) mass is 319 g/mol. The van der Waals surface area contributed by atoms with Gasteiger partial charge >= 0.3 is 12.4 Å². The Hall–Kier alpha value is -1.44. The van der Waals surface area contributed by atoms with E-state index in [1.807, 2.05) is 0 Å². The van der Waals surface area contributed by atoms with Crippen molar-refractivity contribution in [2.24, 2.45) is 5.16 Å². The van der Waals surface area contributed by atoms with Crippen LogP contribution >= 0.6 is 11.6 Å². The second-order valence-corrected chi connectivity index (χ2v) is 4.19. The standard InChI is InChI=1S/C11H8ClF6NO/c1-6(19-20-5-10(13,14)15)8-4-7(12)2-3-9(8)11(16,17)18/h2-4H,5H2,1H3. The molecule has 2 nitrogen and oxygen atoms in total. The number of rotatable bonds is 3. The fraction of sp³-hybridized carbons (Fsp3) is 0.364. The van der Waals surface area contributed by atoms with E-state index in [-0.39, 0.29) is 10.7 Å². The minimum absolute atomic E-state index is 0.00151. The third-order valence-corrected chi connectivity index (χ3v) is 2.34. The summed E-state index contributed by atoms with van der Waals surface area (Å²) in [5, 5.41) is 3.03. The molecule has 0 bridgehead atoms. The Labute approximate surface area is 115 Å². The quantitative estimate of drug-likeness (QED) is 0.451. The third kappa shape index (κ3) is 4.92. The van der Waals surface area contributed by atoms with Crippen LogP contribution in [0.2, 0.25) is 5.02 Å². The van der Waals surface area contributed by atoms with Crippen molar-refractivity contribution in [1.29, 1.82) is 0 Å². The van der Waals surface area contributed by atoms with Crippen molar-refractivity contribution in [3.8, 4) is 0 Å². The molecular weight excluding hydrogens is 312 g/mol. The summed E-state index contributed by atoms with van der Waals surface area (Å²) in [6.07, 6.45) is -9.30. The molecule has 112 valence electrons. The van der Waals surface area contributed by atoms with Crippen molar-refractivity contribution in [3.63, 3.8) is 0 Å². The summed E-state index contributed by atoms with van der Waals surface area (Å²) in [6, 6.07) is 2.71. The lowest BCUT2D eigenvalue weighted by molar-refractivity contribution is -0.173. The molecule has 0 aromatic heterocycles. The number of hydrogen-bond donors (Lipinski definition) is 0. The highest BCUT2D eigenvalue weighted by atomic mass is 35.5. The lowest BCUT2D eigenvalue weighted by atomic mass is 10.0. The van der Waals surface area contributed by atoms with E-state index in [0.717, 1.165) is 25.1 Å². The summed E-state index contributed by atoms with van der Waals surface area (Å²) in [5.41, 5.74) is -1.85. The molecule has 1 rings (SSSR count). The molecule has 0 atom stereocenters. The van der Waals surface area contributed by atoms with Crippen LogP contribution < -0.4 is 0 Å². The van der Waals surface area contributed by atoms with E-state index in [0.29, 0.717) is 0 Å². The van der Waals surface area contributed by atoms with Crippen molar-refractivity contribution in [2.75, 3.05) is 6.61 Å². The Morgan fingerprint density at radius 2 is 1.80 bits per heavy atom. The molecule has 1 aromatic rings. The zero-order valence-electron chi connectivity index (χ0n) is 9.94. The normalized spacial score (nSPS) is 13.5. The Bertz CT molecular complexity index is 509.